The zero-order chi connectivity index (χ0) is 31.3. The van der Waals surface area contributed by atoms with Gasteiger partial charge in [0.25, 0.3) is 0 Å². The molecule has 47 heavy (non-hydrogen) atoms. The SMILES string of the molecule is ClC1=NC(c2cccc3c2oc2ccc(-c4nccnc4-c4cccc5ccccc45)cc23)=NC(c2ccc3ccccc3c2)=CC1. The molecular formula is C41H25ClN4O. The number of para-hydroxylation sites is 1. The Kier molecular flexibility index (Phi) is 6.51. The molecule has 6 heteroatoms. The van der Waals surface area contributed by atoms with Crippen LogP contribution in [0.25, 0.3) is 71.7 Å². The highest BCUT2D eigenvalue weighted by atomic mass is 35.5. The van der Waals surface area contributed by atoms with Crippen molar-refractivity contribution in [3.8, 4) is 22.5 Å². The third kappa shape index (κ3) is 4.80. The lowest BCUT2D eigenvalue weighted by Crippen LogP contribution is -2.00. The Morgan fingerprint density at radius 1 is 0.553 bits per heavy atom. The number of benzene rings is 6. The second-order valence-corrected chi connectivity index (χ2v) is 12.0. The maximum absolute atomic E-state index is 6.61. The van der Waals surface area contributed by atoms with Gasteiger partial charge in [-0.25, -0.2) is 9.98 Å². The minimum atomic E-state index is 0.471. The molecular weight excluding hydrogens is 600 g/mol. The minimum Gasteiger partial charge on any atom is -0.455 e. The van der Waals surface area contributed by atoms with E-state index < -0.39 is 0 Å². The summed E-state index contributed by atoms with van der Waals surface area (Å²) in [6.45, 7) is 0. The van der Waals surface area contributed by atoms with Crippen molar-refractivity contribution in [3.05, 3.63) is 151 Å². The molecule has 0 aliphatic carbocycles. The number of fused-ring (bicyclic) bond motifs is 5. The summed E-state index contributed by atoms with van der Waals surface area (Å²) in [5.41, 5.74) is 7.73. The number of halogens is 1. The highest BCUT2D eigenvalue weighted by molar-refractivity contribution is 6.66. The first-order chi connectivity index (χ1) is 23.2. The average Bonchev–Trinajstić information content (AvgIpc) is 3.39. The predicted octanol–water partition coefficient (Wildman–Crippen LogP) is 10.8. The van der Waals surface area contributed by atoms with Crippen LogP contribution < -0.4 is 0 Å². The van der Waals surface area contributed by atoms with Gasteiger partial charge in [0.1, 0.15) is 16.3 Å². The van der Waals surface area contributed by atoms with Crippen LogP contribution in [0.5, 0.6) is 0 Å². The summed E-state index contributed by atoms with van der Waals surface area (Å²) in [6.07, 6.45) is 6.01. The van der Waals surface area contributed by atoms with Crippen molar-refractivity contribution in [2.45, 2.75) is 6.42 Å². The summed E-state index contributed by atoms with van der Waals surface area (Å²) in [6, 6.07) is 41.6. The number of aliphatic imine (C=N–C) groups is 2. The predicted molar refractivity (Wildman–Crippen MR) is 194 cm³/mol. The van der Waals surface area contributed by atoms with Crippen molar-refractivity contribution in [3.63, 3.8) is 0 Å². The smallest absolute Gasteiger partial charge is 0.164 e. The van der Waals surface area contributed by atoms with Crippen LogP contribution in [0.3, 0.4) is 0 Å². The molecule has 9 rings (SSSR count). The molecule has 5 nitrogen and oxygen atoms in total. The van der Waals surface area contributed by atoms with Gasteiger partial charge in [-0.1, -0.05) is 109 Å². The Bertz CT molecular complexity index is 2630. The largest absolute Gasteiger partial charge is 0.455 e. The summed E-state index contributed by atoms with van der Waals surface area (Å²) >= 11 is 6.61. The van der Waals surface area contributed by atoms with Crippen molar-refractivity contribution in [2.24, 2.45) is 9.98 Å². The molecule has 3 heterocycles. The first-order valence-corrected chi connectivity index (χ1v) is 15.8. The van der Waals surface area contributed by atoms with Gasteiger partial charge in [0, 0.05) is 46.3 Å². The lowest BCUT2D eigenvalue weighted by molar-refractivity contribution is 0.668. The van der Waals surface area contributed by atoms with E-state index in [1.54, 1.807) is 12.4 Å². The Morgan fingerprint density at radius 3 is 2.19 bits per heavy atom. The molecule has 0 radical (unpaired) electrons. The van der Waals surface area contributed by atoms with Crippen molar-refractivity contribution in [2.75, 3.05) is 0 Å². The summed E-state index contributed by atoms with van der Waals surface area (Å²) in [7, 11) is 0. The standard InChI is InChI=1S/C41H25ClN4O/c42-37-20-18-35(28-16-15-25-7-1-2-9-27(25)23-28)45-41(46-37)33-14-6-13-32-34-24-29(17-19-36(34)47-40(32)33)38-39(44-22-21-43-38)31-12-5-10-26-8-3-4-11-30(26)31/h1-19,21-24H,20H2. The molecule has 0 N–H and O–H groups in total. The second-order valence-electron chi connectivity index (χ2n) is 11.6. The number of hydrogen-bond donors (Lipinski definition) is 0. The minimum absolute atomic E-state index is 0.471. The van der Waals surface area contributed by atoms with Crippen LogP contribution in [0, 0.1) is 0 Å². The van der Waals surface area contributed by atoms with Crippen LogP contribution in [0.4, 0.5) is 0 Å². The number of furan rings is 1. The Balaban J connectivity index is 1.17. The van der Waals surface area contributed by atoms with E-state index in [0.717, 1.165) is 71.9 Å². The molecule has 0 spiro atoms. The number of nitrogens with zero attached hydrogens (tertiary/aromatic N) is 4. The first-order valence-electron chi connectivity index (χ1n) is 15.5. The molecule has 0 atom stereocenters. The quantitative estimate of drug-likeness (QED) is 0.196. The van der Waals surface area contributed by atoms with Gasteiger partial charge in [0.05, 0.1) is 22.6 Å². The van der Waals surface area contributed by atoms with E-state index in [1.165, 1.54) is 5.39 Å². The van der Waals surface area contributed by atoms with E-state index in [1.807, 2.05) is 42.5 Å². The topological polar surface area (TPSA) is 63.6 Å². The van der Waals surface area contributed by atoms with Gasteiger partial charge in [0.15, 0.2) is 5.84 Å². The molecule has 8 aromatic rings. The molecule has 0 amide bonds. The molecule has 1 aliphatic heterocycles. The lowest BCUT2D eigenvalue weighted by Gasteiger charge is -2.10. The third-order valence-electron chi connectivity index (χ3n) is 8.72. The molecule has 0 saturated carbocycles. The maximum Gasteiger partial charge on any atom is 0.164 e. The molecule has 0 fully saturated rings. The molecule has 0 saturated heterocycles. The van der Waals surface area contributed by atoms with Crippen LogP contribution in [-0.2, 0) is 0 Å². The van der Waals surface area contributed by atoms with Crippen LogP contribution in [-0.4, -0.2) is 21.0 Å². The van der Waals surface area contributed by atoms with Gasteiger partial charge in [-0.2, -0.15) is 0 Å². The third-order valence-corrected chi connectivity index (χ3v) is 8.96. The van der Waals surface area contributed by atoms with Gasteiger partial charge < -0.3 is 4.42 Å². The normalized spacial score (nSPS) is 13.5. The van der Waals surface area contributed by atoms with Crippen molar-refractivity contribution in [1.29, 1.82) is 0 Å². The zero-order valence-corrected chi connectivity index (χ0v) is 25.8. The summed E-state index contributed by atoms with van der Waals surface area (Å²) in [5.74, 6) is 0.518. The van der Waals surface area contributed by atoms with Gasteiger partial charge in [-0.05, 0) is 51.9 Å². The average molecular weight is 625 g/mol. The van der Waals surface area contributed by atoms with Gasteiger partial charge in [0.2, 0.25) is 0 Å². The Hall–Kier alpha value is -5.91. The van der Waals surface area contributed by atoms with Crippen molar-refractivity contribution < 1.29 is 4.42 Å². The zero-order valence-electron chi connectivity index (χ0n) is 25.1. The number of aromatic nitrogens is 2. The number of rotatable bonds is 4. The van der Waals surface area contributed by atoms with Gasteiger partial charge in [-0.3, -0.25) is 9.97 Å². The van der Waals surface area contributed by atoms with Crippen LogP contribution in [0.2, 0.25) is 0 Å². The van der Waals surface area contributed by atoms with E-state index in [4.69, 9.17) is 36.0 Å². The van der Waals surface area contributed by atoms with E-state index in [0.29, 0.717) is 23.0 Å². The fourth-order valence-electron chi connectivity index (χ4n) is 6.48. The lowest BCUT2D eigenvalue weighted by atomic mass is 9.97. The highest BCUT2D eigenvalue weighted by Crippen LogP contribution is 2.38. The van der Waals surface area contributed by atoms with Crippen molar-refractivity contribution in [1.82, 2.24) is 9.97 Å². The molecule has 2 aromatic heterocycles. The molecule has 222 valence electrons. The monoisotopic (exact) mass is 624 g/mol. The Morgan fingerprint density at radius 2 is 1.28 bits per heavy atom. The second kappa shape index (κ2) is 11.2. The van der Waals surface area contributed by atoms with E-state index in [9.17, 15) is 0 Å². The fraction of sp³-hybridized carbons (Fsp3) is 0.0244. The van der Waals surface area contributed by atoms with Gasteiger partial charge in [-0.15, -0.1) is 0 Å². The molecule has 0 unspecified atom stereocenters. The summed E-state index contributed by atoms with van der Waals surface area (Å²) in [5, 5.41) is 7.04. The highest BCUT2D eigenvalue weighted by Gasteiger charge is 2.20. The number of amidine groups is 1. The van der Waals surface area contributed by atoms with E-state index >= 15 is 0 Å². The molecule has 0 bridgehead atoms. The van der Waals surface area contributed by atoms with Crippen molar-refractivity contribution >= 4 is 71.8 Å². The van der Waals surface area contributed by atoms with E-state index in [-0.39, 0.29) is 0 Å². The van der Waals surface area contributed by atoms with E-state index in [2.05, 4.69) is 84.9 Å². The maximum atomic E-state index is 6.61. The fourth-order valence-corrected chi connectivity index (χ4v) is 6.64. The summed E-state index contributed by atoms with van der Waals surface area (Å²) < 4.78 is 6.53. The first kappa shape index (κ1) is 27.4. The van der Waals surface area contributed by atoms with Crippen LogP contribution in [0.15, 0.2) is 154 Å². The number of allylic oxidation sites excluding steroid dienone is 1. The number of hydrogen-bond acceptors (Lipinski definition) is 5. The van der Waals surface area contributed by atoms with Crippen LogP contribution >= 0.6 is 11.6 Å². The molecule has 6 aromatic carbocycles. The molecule has 1 aliphatic rings. The van der Waals surface area contributed by atoms with Crippen LogP contribution in [0.1, 0.15) is 17.5 Å². The Labute approximate surface area is 275 Å². The van der Waals surface area contributed by atoms with Gasteiger partial charge >= 0.3 is 0 Å². The summed E-state index contributed by atoms with van der Waals surface area (Å²) in [4.78, 5) is 19.4.